The fourth-order valence-electron chi connectivity index (χ4n) is 0.689. The molecule has 0 saturated heterocycles. The zero-order valence-corrected chi connectivity index (χ0v) is 8.72. The van der Waals surface area contributed by atoms with Crippen LogP contribution in [0.15, 0.2) is 0 Å². The van der Waals surface area contributed by atoms with Crippen molar-refractivity contribution in [3.8, 4) is 0 Å². The Hall–Kier alpha value is 0.0700. The summed E-state index contributed by atoms with van der Waals surface area (Å²) < 4.78 is 23.1. The third-order valence-electron chi connectivity index (χ3n) is 1.48. The van der Waals surface area contributed by atoms with Crippen molar-refractivity contribution in [1.29, 1.82) is 0 Å². The van der Waals surface area contributed by atoms with E-state index in [-0.39, 0.29) is 35.5 Å². The molecular formula is C7H7F2NaO2. The minimum Gasteiger partial charge on any atom is -0.334 e. The fraction of sp³-hybridized carbons (Fsp3) is 0.571. The number of hydrogen-bond acceptors (Lipinski definition) is 2. The Morgan fingerprint density at radius 1 is 1.33 bits per heavy atom. The molecule has 0 heterocycles. The van der Waals surface area contributed by atoms with Crippen molar-refractivity contribution in [2.45, 2.75) is 19.3 Å². The van der Waals surface area contributed by atoms with Crippen molar-refractivity contribution in [1.82, 2.24) is 0 Å². The summed E-state index contributed by atoms with van der Waals surface area (Å²) in [6, 6.07) is 0. The molecule has 12 heavy (non-hydrogen) atoms. The molecule has 1 saturated carbocycles. The molecule has 5 heteroatoms. The molecule has 0 atom stereocenters. The summed E-state index contributed by atoms with van der Waals surface area (Å²) >= 11 is 0. The Morgan fingerprint density at radius 3 is 2.17 bits per heavy atom. The first kappa shape index (κ1) is 12.1. The molecule has 1 fully saturated rings. The number of carbonyl (C=O) groups is 2. The van der Waals surface area contributed by atoms with Gasteiger partial charge in [0, 0.05) is 5.78 Å². The van der Waals surface area contributed by atoms with Gasteiger partial charge in [-0.2, -0.15) is 0 Å². The molecule has 0 aliphatic heterocycles. The van der Waals surface area contributed by atoms with E-state index in [0.29, 0.717) is 6.42 Å². The zero-order chi connectivity index (χ0) is 8.43. The number of hydrogen-bond donors (Lipinski definition) is 0. The first-order valence-electron chi connectivity index (χ1n) is 3.32. The number of halogens is 2. The molecule has 0 unspecified atom stereocenters. The van der Waals surface area contributed by atoms with E-state index in [1.807, 2.05) is 0 Å². The van der Waals surface area contributed by atoms with E-state index in [1.165, 1.54) is 0 Å². The monoisotopic (exact) mass is 184 g/mol. The molecule has 1 aliphatic carbocycles. The standard InChI is InChI=1S/C7H7F2O2.Na/c8-7(9)6(11)3-5(10)4-1-2-4;/h3-4,7H,1-2H2;/q-1;+1. The Labute approximate surface area is 91.0 Å². The van der Waals surface area contributed by atoms with Gasteiger partial charge in [0.05, 0.1) is 5.78 Å². The van der Waals surface area contributed by atoms with Gasteiger partial charge in [-0.05, 0) is 18.8 Å². The number of rotatable bonds is 4. The van der Waals surface area contributed by atoms with Crippen LogP contribution in [0.4, 0.5) is 8.78 Å². The van der Waals surface area contributed by atoms with E-state index in [1.54, 1.807) is 0 Å². The van der Waals surface area contributed by atoms with E-state index < -0.39 is 18.0 Å². The van der Waals surface area contributed by atoms with Gasteiger partial charge in [0.2, 0.25) is 0 Å². The number of carbonyl (C=O) groups excluding carboxylic acids is 2. The van der Waals surface area contributed by atoms with E-state index >= 15 is 0 Å². The number of alkyl halides is 2. The summed E-state index contributed by atoms with van der Waals surface area (Å²) in [7, 11) is 0. The van der Waals surface area contributed by atoms with Crippen LogP contribution in [0.25, 0.3) is 0 Å². The molecule has 1 aliphatic rings. The largest absolute Gasteiger partial charge is 1.00 e. The average Bonchev–Trinajstić information content (AvgIpc) is 2.67. The third-order valence-corrected chi connectivity index (χ3v) is 1.48. The van der Waals surface area contributed by atoms with Crippen LogP contribution < -0.4 is 29.6 Å². The molecular weight excluding hydrogens is 177 g/mol. The predicted molar refractivity (Wildman–Crippen MR) is 33.0 cm³/mol. The third kappa shape index (κ3) is 3.65. The van der Waals surface area contributed by atoms with Crippen LogP contribution in [0.2, 0.25) is 0 Å². The van der Waals surface area contributed by atoms with Gasteiger partial charge in [-0.15, -0.1) is 0 Å². The Bertz CT molecular complexity index is 178. The molecule has 0 aromatic carbocycles. The van der Waals surface area contributed by atoms with Crippen LogP contribution in [0.1, 0.15) is 12.8 Å². The summed E-state index contributed by atoms with van der Waals surface area (Å²) in [6.45, 7) is 0. The fourth-order valence-corrected chi connectivity index (χ4v) is 0.689. The summed E-state index contributed by atoms with van der Waals surface area (Å²) in [4.78, 5) is 21.0. The normalized spacial score (nSPS) is 15.2. The summed E-state index contributed by atoms with van der Waals surface area (Å²) in [5.74, 6) is -1.98. The SMILES string of the molecule is O=C([CH-]C(=O)C1CC1)C(F)F.[Na+]. The number of Topliss-reactive ketones (excluding diaryl/α,β-unsaturated/α-hetero) is 2. The molecule has 62 valence electrons. The maximum absolute atomic E-state index is 11.5. The summed E-state index contributed by atoms with van der Waals surface area (Å²) in [6.07, 6.45) is -1.07. The Balaban J connectivity index is 0.00000121. The van der Waals surface area contributed by atoms with Crippen molar-refractivity contribution in [2.75, 3.05) is 0 Å². The van der Waals surface area contributed by atoms with Crippen LogP contribution in [-0.4, -0.2) is 18.0 Å². The average molecular weight is 184 g/mol. The van der Waals surface area contributed by atoms with Gasteiger partial charge in [-0.3, -0.25) is 6.42 Å². The molecule has 1 rings (SSSR count). The number of ketones is 2. The van der Waals surface area contributed by atoms with E-state index in [2.05, 4.69) is 0 Å². The maximum atomic E-state index is 11.5. The van der Waals surface area contributed by atoms with Gasteiger partial charge in [0.25, 0.3) is 6.43 Å². The Morgan fingerprint density at radius 2 is 1.83 bits per heavy atom. The van der Waals surface area contributed by atoms with Gasteiger partial charge in [-0.25, -0.2) is 8.78 Å². The predicted octanol–water partition coefficient (Wildman–Crippen LogP) is -1.99. The van der Waals surface area contributed by atoms with Crippen LogP contribution >= 0.6 is 0 Å². The van der Waals surface area contributed by atoms with Crippen molar-refractivity contribution in [3.63, 3.8) is 0 Å². The van der Waals surface area contributed by atoms with Crippen LogP contribution in [0.3, 0.4) is 0 Å². The quantitative estimate of drug-likeness (QED) is 0.288. The van der Waals surface area contributed by atoms with Crippen LogP contribution in [0.5, 0.6) is 0 Å². The van der Waals surface area contributed by atoms with Gasteiger partial charge < -0.3 is 9.59 Å². The molecule has 0 aromatic rings. The minimum atomic E-state index is -3.04. The van der Waals surface area contributed by atoms with Crippen LogP contribution in [0, 0.1) is 12.3 Å². The summed E-state index contributed by atoms with van der Waals surface area (Å²) in [5.41, 5.74) is 0. The van der Waals surface area contributed by atoms with Crippen molar-refractivity contribution in [2.24, 2.45) is 5.92 Å². The zero-order valence-electron chi connectivity index (χ0n) is 6.72. The molecule has 2 nitrogen and oxygen atoms in total. The van der Waals surface area contributed by atoms with Crippen molar-refractivity contribution < 1.29 is 47.9 Å². The first-order valence-corrected chi connectivity index (χ1v) is 3.32. The van der Waals surface area contributed by atoms with Gasteiger partial charge in [0.1, 0.15) is 0 Å². The maximum Gasteiger partial charge on any atom is 1.00 e. The topological polar surface area (TPSA) is 34.1 Å². The second kappa shape index (κ2) is 4.94. The van der Waals surface area contributed by atoms with Gasteiger partial charge in [0.15, 0.2) is 0 Å². The molecule has 0 amide bonds. The second-order valence-electron chi connectivity index (χ2n) is 2.52. The van der Waals surface area contributed by atoms with Crippen molar-refractivity contribution in [3.05, 3.63) is 6.42 Å². The van der Waals surface area contributed by atoms with E-state index in [0.717, 1.165) is 12.8 Å². The van der Waals surface area contributed by atoms with E-state index in [4.69, 9.17) is 0 Å². The first-order chi connectivity index (χ1) is 5.11. The van der Waals surface area contributed by atoms with E-state index in [9.17, 15) is 18.4 Å². The Kier molecular flexibility index (Phi) is 4.97. The summed E-state index contributed by atoms with van der Waals surface area (Å²) in [5, 5.41) is 0. The molecule has 0 radical (unpaired) electrons. The molecule has 0 bridgehead atoms. The molecule has 0 aromatic heterocycles. The van der Waals surface area contributed by atoms with Gasteiger partial charge >= 0.3 is 29.6 Å². The molecule has 0 N–H and O–H groups in total. The van der Waals surface area contributed by atoms with Crippen LogP contribution in [-0.2, 0) is 9.59 Å². The van der Waals surface area contributed by atoms with Crippen molar-refractivity contribution >= 4 is 11.6 Å². The minimum absolute atomic E-state index is 0. The van der Waals surface area contributed by atoms with Gasteiger partial charge in [-0.1, -0.05) is 0 Å². The second-order valence-corrected chi connectivity index (χ2v) is 2.52. The molecule has 0 spiro atoms. The smallest absolute Gasteiger partial charge is 0.334 e.